The van der Waals surface area contributed by atoms with Crippen molar-refractivity contribution in [1.82, 2.24) is 5.32 Å². The molecule has 0 radical (unpaired) electrons. The van der Waals surface area contributed by atoms with Gasteiger partial charge < -0.3 is 16.2 Å². The third-order valence-corrected chi connectivity index (χ3v) is 2.76. The molecule has 0 heterocycles. The Kier molecular flexibility index (Phi) is 4.12. The number of benzene rings is 1. The van der Waals surface area contributed by atoms with Crippen molar-refractivity contribution in [1.29, 1.82) is 0 Å². The zero-order valence-electron chi connectivity index (χ0n) is 10.5. The van der Waals surface area contributed by atoms with Crippen molar-refractivity contribution in [2.45, 2.75) is 32.9 Å². The molecule has 0 fully saturated rings. The monoisotopic (exact) mass is 236 g/mol. The first-order valence-electron chi connectivity index (χ1n) is 5.62. The Morgan fingerprint density at radius 3 is 2.24 bits per heavy atom. The van der Waals surface area contributed by atoms with Gasteiger partial charge in [-0.05, 0) is 11.0 Å². The second-order valence-corrected chi connectivity index (χ2v) is 5.23. The van der Waals surface area contributed by atoms with Crippen LogP contribution in [0.5, 0.6) is 0 Å². The molecule has 17 heavy (non-hydrogen) atoms. The topological polar surface area (TPSA) is 75.3 Å². The van der Waals surface area contributed by atoms with Gasteiger partial charge in [-0.15, -0.1) is 0 Å². The number of carbonyl (C=O) groups is 1. The standard InChI is InChI=1S/C13H20N2O2/c1-13(2,3)11(15-12(16)17)10(14)9-7-5-4-6-8-9/h4-8,10-11,15H,14H2,1-3H3,(H,16,17)/t10-,11?/m0/s1. The highest BCUT2D eigenvalue weighted by atomic mass is 16.4. The van der Waals surface area contributed by atoms with E-state index < -0.39 is 6.09 Å². The summed E-state index contributed by atoms with van der Waals surface area (Å²) in [6.45, 7) is 5.91. The summed E-state index contributed by atoms with van der Waals surface area (Å²) in [5.74, 6) is 0. The van der Waals surface area contributed by atoms with E-state index in [0.717, 1.165) is 5.56 Å². The molecule has 0 aliphatic carbocycles. The molecule has 4 nitrogen and oxygen atoms in total. The summed E-state index contributed by atoms with van der Waals surface area (Å²) in [4.78, 5) is 10.8. The van der Waals surface area contributed by atoms with Crippen LogP contribution in [0.1, 0.15) is 32.4 Å². The summed E-state index contributed by atoms with van der Waals surface area (Å²) in [6.07, 6.45) is -1.05. The summed E-state index contributed by atoms with van der Waals surface area (Å²) in [7, 11) is 0. The second kappa shape index (κ2) is 5.19. The molecule has 0 aliphatic rings. The summed E-state index contributed by atoms with van der Waals surface area (Å²) >= 11 is 0. The number of hydrogen-bond donors (Lipinski definition) is 3. The van der Waals surface area contributed by atoms with Gasteiger partial charge in [0.25, 0.3) is 0 Å². The normalized spacial score (nSPS) is 15.1. The van der Waals surface area contributed by atoms with Gasteiger partial charge in [0.05, 0.1) is 12.1 Å². The average Bonchev–Trinajstić information content (AvgIpc) is 2.24. The molecular formula is C13H20N2O2. The van der Waals surface area contributed by atoms with Crippen molar-refractivity contribution in [3.8, 4) is 0 Å². The molecule has 94 valence electrons. The van der Waals surface area contributed by atoms with Crippen molar-refractivity contribution in [2.75, 3.05) is 0 Å². The molecule has 2 atom stereocenters. The molecule has 4 heteroatoms. The molecule has 0 bridgehead atoms. The van der Waals surface area contributed by atoms with E-state index in [4.69, 9.17) is 10.8 Å². The molecule has 0 aromatic heterocycles. The minimum absolute atomic E-state index is 0.242. The lowest BCUT2D eigenvalue weighted by atomic mass is 9.80. The largest absolute Gasteiger partial charge is 0.465 e. The lowest BCUT2D eigenvalue weighted by Crippen LogP contribution is -2.49. The van der Waals surface area contributed by atoms with Gasteiger partial charge in [-0.3, -0.25) is 0 Å². The first kappa shape index (κ1) is 13.5. The van der Waals surface area contributed by atoms with Gasteiger partial charge in [-0.2, -0.15) is 0 Å². The van der Waals surface area contributed by atoms with Crippen LogP contribution >= 0.6 is 0 Å². The van der Waals surface area contributed by atoms with E-state index in [1.165, 1.54) is 0 Å². The van der Waals surface area contributed by atoms with Gasteiger partial charge in [-0.1, -0.05) is 51.1 Å². The fraction of sp³-hybridized carbons (Fsp3) is 0.462. The fourth-order valence-electron chi connectivity index (χ4n) is 1.85. The molecular weight excluding hydrogens is 216 g/mol. The summed E-state index contributed by atoms with van der Waals surface area (Å²) < 4.78 is 0. The van der Waals surface area contributed by atoms with E-state index >= 15 is 0 Å². The molecule has 4 N–H and O–H groups in total. The van der Waals surface area contributed by atoms with Gasteiger partial charge in [0.2, 0.25) is 0 Å². The van der Waals surface area contributed by atoms with E-state index in [0.29, 0.717) is 0 Å². The highest BCUT2D eigenvalue weighted by molar-refractivity contribution is 5.65. The van der Waals surface area contributed by atoms with Crippen LogP contribution in [0.2, 0.25) is 0 Å². The predicted octanol–water partition coefficient (Wildman–Crippen LogP) is 2.37. The smallest absolute Gasteiger partial charge is 0.404 e. The highest BCUT2D eigenvalue weighted by Crippen LogP contribution is 2.28. The zero-order chi connectivity index (χ0) is 13.1. The van der Waals surface area contributed by atoms with Crippen molar-refractivity contribution in [3.05, 3.63) is 35.9 Å². The van der Waals surface area contributed by atoms with Crippen LogP contribution in [-0.2, 0) is 0 Å². The summed E-state index contributed by atoms with van der Waals surface area (Å²) in [5, 5.41) is 11.4. The zero-order valence-corrected chi connectivity index (χ0v) is 10.5. The minimum Gasteiger partial charge on any atom is -0.465 e. The Bertz CT molecular complexity index is 371. The van der Waals surface area contributed by atoms with Gasteiger partial charge in [-0.25, -0.2) is 4.79 Å². The van der Waals surface area contributed by atoms with Crippen molar-refractivity contribution in [3.63, 3.8) is 0 Å². The predicted molar refractivity (Wildman–Crippen MR) is 67.8 cm³/mol. The fourth-order valence-corrected chi connectivity index (χ4v) is 1.85. The maximum atomic E-state index is 10.8. The van der Waals surface area contributed by atoms with Crippen LogP contribution in [0.4, 0.5) is 4.79 Å². The van der Waals surface area contributed by atoms with Crippen LogP contribution in [0, 0.1) is 5.41 Å². The molecule has 1 rings (SSSR count). The van der Waals surface area contributed by atoms with E-state index in [9.17, 15) is 4.79 Å². The lowest BCUT2D eigenvalue weighted by molar-refractivity contribution is 0.166. The summed E-state index contributed by atoms with van der Waals surface area (Å²) in [6, 6.07) is 8.84. The van der Waals surface area contributed by atoms with Crippen LogP contribution < -0.4 is 11.1 Å². The quantitative estimate of drug-likeness (QED) is 0.754. The lowest BCUT2D eigenvalue weighted by Gasteiger charge is -2.35. The van der Waals surface area contributed by atoms with Crippen molar-refractivity contribution in [2.24, 2.45) is 11.1 Å². The Labute approximate surface area is 102 Å². The maximum Gasteiger partial charge on any atom is 0.404 e. The average molecular weight is 236 g/mol. The van der Waals surface area contributed by atoms with Crippen LogP contribution in [-0.4, -0.2) is 17.2 Å². The van der Waals surface area contributed by atoms with E-state index in [2.05, 4.69) is 5.32 Å². The number of nitrogens with one attached hydrogen (secondary N) is 1. The van der Waals surface area contributed by atoms with E-state index in [1.54, 1.807) is 0 Å². The summed E-state index contributed by atoms with van der Waals surface area (Å²) in [5.41, 5.74) is 6.84. The van der Waals surface area contributed by atoms with Crippen LogP contribution in [0.25, 0.3) is 0 Å². The maximum absolute atomic E-state index is 10.8. The second-order valence-electron chi connectivity index (χ2n) is 5.23. The Hall–Kier alpha value is -1.55. The molecule has 0 spiro atoms. The SMILES string of the molecule is CC(C)(C)C(NC(=O)O)[C@@H](N)c1ccccc1. The third-order valence-electron chi connectivity index (χ3n) is 2.76. The first-order chi connectivity index (χ1) is 7.82. The molecule has 0 saturated carbocycles. The highest BCUT2D eigenvalue weighted by Gasteiger charge is 2.32. The van der Waals surface area contributed by atoms with Gasteiger partial charge in [0.1, 0.15) is 0 Å². The number of nitrogens with two attached hydrogens (primary N) is 1. The molecule has 1 aromatic rings. The number of rotatable bonds is 3. The van der Waals surface area contributed by atoms with E-state index in [-0.39, 0.29) is 17.5 Å². The minimum atomic E-state index is -1.05. The van der Waals surface area contributed by atoms with Crippen molar-refractivity contribution >= 4 is 6.09 Å². The number of amides is 1. The Balaban J connectivity index is 2.95. The van der Waals surface area contributed by atoms with Crippen LogP contribution in [0.15, 0.2) is 30.3 Å². The molecule has 1 aromatic carbocycles. The molecule has 0 aliphatic heterocycles. The molecule has 1 amide bonds. The Morgan fingerprint density at radius 1 is 1.29 bits per heavy atom. The number of hydrogen-bond acceptors (Lipinski definition) is 2. The molecule has 0 saturated heterocycles. The van der Waals surface area contributed by atoms with Gasteiger partial charge in [0.15, 0.2) is 0 Å². The first-order valence-corrected chi connectivity index (χ1v) is 5.62. The third kappa shape index (κ3) is 3.75. The number of carboxylic acid groups (broad SMARTS) is 1. The Morgan fingerprint density at radius 2 is 1.82 bits per heavy atom. The van der Waals surface area contributed by atoms with E-state index in [1.807, 2.05) is 51.1 Å². The van der Waals surface area contributed by atoms with Crippen LogP contribution in [0.3, 0.4) is 0 Å². The molecule has 1 unspecified atom stereocenters. The van der Waals surface area contributed by atoms with Gasteiger partial charge >= 0.3 is 6.09 Å². The van der Waals surface area contributed by atoms with Gasteiger partial charge in [0, 0.05) is 0 Å². The van der Waals surface area contributed by atoms with Crippen molar-refractivity contribution < 1.29 is 9.90 Å².